The van der Waals surface area contributed by atoms with Crippen molar-refractivity contribution in [2.75, 3.05) is 17.2 Å². The van der Waals surface area contributed by atoms with Gasteiger partial charge in [0.15, 0.2) is 0 Å². The third-order valence-corrected chi connectivity index (χ3v) is 2.81. The van der Waals surface area contributed by atoms with Crippen molar-refractivity contribution < 1.29 is 4.79 Å². The molecular weight excluding hydrogens is 226 g/mol. The van der Waals surface area contributed by atoms with Crippen LogP contribution >= 0.6 is 0 Å². The lowest BCUT2D eigenvalue weighted by atomic mass is 10.0. The number of hydrogen-bond donors (Lipinski definition) is 2. The van der Waals surface area contributed by atoms with Gasteiger partial charge in [0.25, 0.3) is 0 Å². The molecule has 1 heterocycles. The summed E-state index contributed by atoms with van der Waals surface area (Å²) in [6.45, 7) is 8.34. The Morgan fingerprint density at radius 2 is 2.17 bits per heavy atom. The summed E-state index contributed by atoms with van der Waals surface area (Å²) < 4.78 is 0. The Morgan fingerprint density at radius 1 is 1.44 bits per heavy atom. The fourth-order valence-corrected chi connectivity index (χ4v) is 1.65. The molecule has 0 radical (unpaired) electrons. The van der Waals surface area contributed by atoms with Crippen LogP contribution in [0.1, 0.15) is 26.7 Å². The zero-order chi connectivity index (χ0) is 13.4. The molecule has 0 bridgehead atoms. The highest BCUT2D eigenvalue weighted by atomic mass is 16.1. The Balaban J connectivity index is 2.57. The average molecular weight is 247 g/mol. The maximum Gasteiger partial charge on any atom is 0.227 e. The van der Waals surface area contributed by atoms with Crippen LogP contribution in [0.4, 0.5) is 11.5 Å². The number of hydrogen-bond acceptors (Lipinski definition) is 3. The monoisotopic (exact) mass is 247 g/mol. The summed E-state index contributed by atoms with van der Waals surface area (Å²) in [7, 11) is 0. The van der Waals surface area contributed by atoms with Gasteiger partial charge >= 0.3 is 0 Å². The van der Waals surface area contributed by atoms with Crippen LogP contribution in [-0.4, -0.2) is 17.4 Å². The Bertz CT molecular complexity index is 383. The van der Waals surface area contributed by atoms with Crippen LogP contribution in [0.25, 0.3) is 0 Å². The topological polar surface area (TPSA) is 54.0 Å². The van der Waals surface area contributed by atoms with Crippen molar-refractivity contribution in [3.8, 4) is 0 Å². The standard InChI is InChI=1S/C14H21N3O/c1-4-9-15-13-8-7-12(10-16-13)17-14(18)11(5-2)6-3/h4,7-8,10-11H,1,5-6,9H2,2-3H3,(H,15,16)(H,17,18). The summed E-state index contributed by atoms with van der Waals surface area (Å²) in [4.78, 5) is 16.1. The third kappa shape index (κ3) is 4.20. The molecule has 0 aromatic carbocycles. The first-order chi connectivity index (χ1) is 8.71. The Hall–Kier alpha value is -1.84. The summed E-state index contributed by atoms with van der Waals surface area (Å²) in [6, 6.07) is 3.69. The van der Waals surface area contributed by atoms with E-state index in [0.717, 1.165) is 24.3 Å². The fraction of sp³-hybridized carbons (Fsp3) is 0.429. The summed E-state index contributed by atoms with van der Waals surface area (Å²) >= 11 is 0. The number of aromatic nitrogens is 1. The number of nitrogens with one attached hydrogen (secondary N) is 2. The molecule has 0 aliphatic carbocycles. The summed E-state index contributed by atoms with van der Waals surface area (Å²) in [5.41, 5.74) is 0.732. The van der Waals surface area contributed by atoms with Crippen molar-refractivity contribution in [3.05, 3.63) is 31.0 Å². The summed E-state index contributed by atoms with van der Waals surface area (Å²) in [5.74, 6) is 0.910. The molecule has 1 rings (SSSR count). The number of pyridine rings is 1. The number of carbonyl (C=O) groups is 1. The van der Waals surface area contributed by atoms with Crippen LogP contribution in [0.15, 0.2) is 31.0 Å². The van der Waals surface area contributed by atoms with E-state index in [0.29, 0.717) is 6.54 Å². The van der Waals surface area contributed by atoms with E-state index in [2.05, 4.69) is 22.2 Å². The minimum Gasteiger partial charge on any atom is -0.367 e. The molecule has 0 saturated heterocycles. The first-order valence-electron chi connectivity index (χ1n) is 6.32. The van der Waals surface area contributed by atoms with E-state index >= 15 is 0 Å². The Labute approximate surface area is 109 Å². The lowest BCUT2D eigenvalue weighted by Crippen LogP contribution is -2.21. The number of amides is 1. The van der Waals surface area contributed by atoms with Gasteiger partial charge in [0.1, 0.15) is 5.82 Å². The number of nitrogens with zero attached hydrogens (tertiary/aromatic N) is 1. The van der Waals surface area contributed by atoms with E-state index in [4.69, 9.17) is 0 Å². The second kappa shape index (κ2) is 7.48. The highest BCUT2D eigenvalue weighted by Gasteiger charge is 2.13. The minimum absolute atomic E-state index is 0.0635. The van der Waals surface area contributed by atoms with Crippen molar-refractivity contribution >= 4 is 17.4 Å². The van der Waals surface area contributed by atoms with E-state index in [1.807, 2.05) is 26.0 Å². The van der Waals surface area contributed by atoms with Gasteiger partial charge in [0.2, 0.25) is 5.91 Å². The zero-order valence-electron chi connectivity index (χ0n) is 11.1. The van der Waals surface area contributed by atoms with Gasteiger partial charge in [-0.3, -0.25) is 4.79 Å². The smallest absolute Gasteiger partial charge is 0.227 e. The van der Waals surface area contributed by atoms with Crippen LogP contribution in [0.2, 0.25) is 0 Å². The quantitative estimate of drug-likeness (QED) is 0.728. The molecule has 4 heteroatoms. The highest BCUT2D eigenvalue weighted by molar-refractivity contribution is 5.92. The second-order valence-electron chi connectivity index (χ2n) is 4.10. The summed E-state index contributed by atoms with van der Waals surface area (Å²) in [6.07, 6.45) is 5.14. The van der Waals surface area contributed by atoms with Gasteiger partial charge in [-0.05, 0) is 25.0 Å². The van der Waals surface area contributed by atoms with Gasteiger partial charge in [-0.2, -0.15) is 0 Å². The van der Waals surface area contributed by atoms with Gasteiger partial charge < -0.3 is 10.6 Å². The van der Waals surface area contributed by atoms with Gasteiger partial charge in [-0.15, -0.1) is 6.58 Å². The average Bonchev–Trinajstić information content (AvgIpc) is 2.39. The van der Waals surface area contributed by atoms with Crippen LogP contribution in [0.3, 0.4) is 0 Å². The van der Waals surface area contributed by atoms with Crippen molar-refractivity contribution in [1.82, 2.24) is 4.98 Å². The highest BCUT2D eigenvalue weighted by Crippen LogP contribution is 2.14. The van der Waals surface area contributed by atoms with Gasteiger partial charge in [-0.1, -0.05) is 19.9 Å². The van der Waals surface area contributed by atoms with Gasteiger partial charge in [0.05, 0.1) is 11.9 Å². The minimum atomic E-state index is 0.0635. The van der Waals surface area contributed by atoms with Crippen LogP contribution < -0.4 is 10.6 Å². The molecule has 4 nitrogen and oxygen atoms in total. The molecule has 0 fully saturated rings. The fourth-order valence-electron chi connectivity index (χ4n) is 1.65. The molecule has 1 amide bonds. The van der Waals surface area contributed by atoms with Gasteiger partial charge in [-0.25, -0.2) is 4.98 Å². The predicted octanol–water partition coefficient (Wildman–Crippen LogP) is 3.05. The van der Waals surface area contributed by atoms with E-state index in [-0.39, 0.29) is 11.8 Å². The second-order valence-corrected chi connectivity index (χ2v) is 4.10. The molecule has 0 aliphatic rings. The van der Waals surface area contributed by atoms with Gasteiger partial charge in [0, 0.05) is 12.5 Å². The van der Waals surface area contributed by atoms with Crippen molar-refractivity contribution in [2.24, 2.45) is 5.92 Å². The molecule has 0 saturated carbocycles. The molecule has 0 spiro atoms. The Morgan fingerprint density at radius 3 is 2.67 bits per heavy atom. The molecule has 1 aromatic rings. The Kier molecular flexibility index (Phi) is 5.91. The summed E-state index contributed by atoms with van der Waals surface area (Å²) in [5, 5.41) is 5.96. The lowest BCUT2D eigenvalue weighted by molar-refractivity contribution is -0.120. The molecule has 0 unspecified atom stereocenters. The number of rotatable bonds is 7. The molecule has 0 aliphatic heterocycles. The normalized spacial score (nSPS) is 10.2. The van der Waals surface area contributed by atoms with Crippen molar-refractivity contribution in [2.45, 2.75) is 26.7 Å². The number of carbonyl (C=O) groups excluding carboxylic acids is 1. The van der Waals surface area contributed by atoms with Crippen molar-refractivity contribution in [3.63, 3.8) is 0 Å². The molecule has 1 aromatic heterocycles. The zero-order valence-corrected chi connectivity index (χ0v) is 11.1. The number of anilines is 2. The van der Waals surface area contributed by atoms with E-state index in [1.165, 1.54) is 0 Å². The largest absolute Gasteiger partial charge is 0.367 e. The van der Waals surface area contributed by atoms with Crippen LogP contribution in [-0.2, 0) is 4.79 Å². The van der Waals surface area contributed by atoms with E-state index in [9.17, 15) is 4.79 Å². The molecule has 0 atom stereocenters. The van der Waals surface area contributed by atoms with E-state index < -0.39 is 0 Å². The maximum atomic E-state index is 11.9. The van der Waals surface area contributed by atoms with Crippen LogP contribution in [0.5, 0.6) is 0 Å². The first kappa shape index (κ1) is 14.2. The van der Waals surface area contributed by atoms with E-state index in [1.54, 1.807) is 12.3 Å². The molecular formula is C14H21N3O. The lowest BCUT2D eigenvalue weighted by Gasteiger charge is -2.12. The SMILES string of the molecule is C=CCNc1ccc(NC(=O)C(CC)CC)cn1. The molecule has 18 heavy (non-hydrogen) atoms. The predicted molar refractivity (Wildman–Crippen MR) is 75.6 cm³/mol. The van der Waals surface area contributed by atoms with Crippen molar-refractivity contribution in [1.29, 1.82) is 0 Å². The molecule has 2 N–H and O–H groups in total. The molecule has 98 valence electrons. The first-order valence-corrected chi connectivity index (χ1v) is 6.32. The third-order valence-electron chi connectivity index (χ3n) is 2.81. The maximum absolute atomic E-state index is 11.9. The van der Waals surface area contributed by atoms with Crippen LogP contribution in [0, 0.1) is 5.92 Å².